The lowest BCUT2D eigenvalue weighted by Crippen LogP contribution is -2.60. The summed E-state index contributed by atoms with van der Waals surface area (Å²) >= 11 is 0. The number of carbonyl (C=O) groups is 3. The number of piperazine rings is 2. The smallest absolute Gasteiger partial charge is 0.243 e. The maximum Gasteiger partial charge on any atom is 0.243 e. The molecule has 1 aromatic carbocycles. The number of anilines is 2. The lowest BCUT2D eigenvalue weighted by atomic mass is 10.1. The molecule has 2 aliphatic rings. The van der Waals surface area contributed by atoms with Crippen molar-refractivity contribution in [3.8, 4) is 5.75 Å². The van der Waals surface area contributed by atoms with Gasteiger partial charge in [0.1, 0.15) is 11.8 Å². The first-order valence-corrected chi connectivity index (χ1v) is 11.3. The molecule has 11 nitrogen and oxygen atoms in total. The standard InChI is InChI=1S/C23H29N7O4/c1-34-18-5-3-17(4-6-18)27-20(31)15-19-22(33)24-9-10-30(19)21(32)16-28-11-13-29(14-12-28)23-25-7-2-8-26-23/h2-8,19H,9-16H2,1H3,(H,24,33)(H,27,31)/t19-/m0/s1. The third kappa shape index (κ3) is 5.79. The van der Waals surface area contributed by atoms with E-state index in [4.69, 9.17) is 4.74 Å². The van der Waals surface area contributed by atoms with E-state index in [1.165, 1.54) is 4.90 Å². The Balaban J connectivity index is 1.31. The summed E-state index contributed by atoms with van der Waals surface area (Å²) in [7, 11) is 1.57. The highest BCUT2D eigenvalue weighted by Crippen LogP contribution is 2.17. The Kier molecular flexibility index (Phi) is 7.53. The lowest BCUT2D eigenvalue weighted by molar-refractivity contribution is -0.145. The molecule has 1 aromatic heterocycles. The molecule has 0 unspecified atom stereocenters. The molecule has 11 heteroatoms. The molecule has 2 fully saturated rings. The second-order valence-corrected chi connectivity index (χ2v) is 8.19. The minimum absolute atomic E-state index is 0.108. The summed E-state index contributed by atoms with van der Waals surface area (Å²) in [5.41, 5.74) is 0.597. The van der Waals surface area contributed by atoms with Gasteiger partial charge in [-0.2, -0.15) is 0 Å². The number of benzene rings is 1. The van der Waals surface area contributed by atoms with Crippen molar-refractivity contribution in [1.29, 1.82) is 0 Å². The summed E-state index contributed by atoms with van der Waals surface area (Å²) in [6, 6.07) is 7.87. The number of ether oxygens (including phenoxy) is 1. The summed E-state index contributed by atoms with van der Waals surface area (Å²) in [6.07, 6.45) is 3.32. The van der Waals surface area contributed by atoms with Crippen LogP contribution >= 0.6 is 0 Å². The number of nitrogens with zero attached hydrogens (tertiary/aromatic N) is 5. The largest absolute Gasteiger partial charge is 0.497 e. The number of hydrogen-bond donors (Lipinski definition) is 2. The van der Waals surface area contributed by atoms with E-state index in [9.17, 15) is 14.4 Å². The van der Waals surface area contributed by atoms with E-state index in [-0.39, 0.29) is 30.7 Å². The van der Waals surface area contributed by atoms with Crippen LogP contribution in [0.4, 0.5) is 11.6 Å². The Morgan fingerprint density at radius 1 is 1.09 bits per heavy atom. The average molecular weight is 468 g/mol. The molecular weight excluding hydrogens is 438 g/mol. The third-order valence-corrected chi connectivity index (χ3v) is 5.97. The van der Waals surface area contributed by atoms with E-state index in [1.54, 1.807) is 49.8 Å². The van der Waals surface area contributed by atoms with Gasteiger partial charge >= 0.3 is 0 Å². The van der Waals surface area contributed by atoms with Crippen LogP contribution in [0.15, 0.2) is 42.7 Å². The Morgan fingerprint density at radius 3 is 2.47 bits per heavy atom. The monoisotopic (exact) mass is 467 g/mol. The number of amides is 3. The van der Waals surface area contributed by atoms with Crippen LogP contribution in [0.2, 0.25) is 0 Å². The van der Waals surface area contributed by atoms with Gasteiger partial charge in [-0.05, 0) is 30.3 Å². The average Bonchev–Trinajstić information content (AvgIpc) is 2.86. The molecular formula is C23H29N7O4. The van der Waals surface area contributed by atoms with E-state index in [0.717, 1.165) is 0 Å². The Hall–Kier alpha value is -3.73. The van der Waals surface area contributed by atoms with Crippen LogP contribution in [-0.2, 0) is 14.4 Å². The first-order chi connectivity index (χ1) is 16.5. The number of hydrogen-bond acceptors (Lipinski definition) is 8. The van der Waals surface area contributed by atoms with Gasteiger partial charge in [0.25, 0.3) is 0 Å². The Morgan fingerprint density at radius 2 is 1.79 bits per heavy atom. The van der Waals surface area contributed by atoms with Crippen LogP contribution in [0.25, 0.3) is 0 Å². The van der Waals surface area contributed by atoms with Crippen LogP contribution in [-0.4, -0.2) is 96.5 Å². The fourth-order valence-electron chi connectivity index (χ4n) is 4.12. The Labute approximate surface area is 198 Å². The highest BCUT2D eigenvalue weighted by atomic mass is 16.5. The molecule has 2 saturated heterocycles. The molecule has 180 valence electrons. The lowest BCUT2D eigenvalue weighted by Gasteiger charge is -2.38. The quantitative estimate of drug-likeness (QED) is 0.582. The molecule has 2 aromatic rings. The minimum atomic E-state index is -0.835. The first-order valence-electron chi connectivity index (χ1n) is 11.3. The predicted octanol–water partition coefficient (Wildman–Crippen LogP) is -0.0370. The maximum atomic E-state index is 13.1. The maximum absolute atomic E-state index is 13.1. The van der Waals surface area contributed by atoms with E-state index in [0.29, 0.717) is 56.7 Å². The molecule has 0 aliphatic carbocycles. The molecule has 34 heavy (non-hydrogen) atoms. The fraction of sp³-hybridized carbons (Fsp3) is 0.435. The van der Waals surface area contributed by atoms with Crippen LogP contribution in [0.5, 0.6) is 5.75 Å². The molecule has 0 radical (unpaired) electrons. The molecule has 2 N–H and O–H groups in total. The van der Waals surface area contributed by atoms with Crippen LogP contribution in [0, 0.1) is 0 Å². The van der Waals surface area contributed by atoms with Crippen molar-refractivity contribution < 1.29 is 19.1 Å². The van der Waals surface area contributed by atoms with Crippen molar-refractivity contribution in [2.75, 3.05) is 63.1 Å². The summed E-state index contributed by atoms with van der Waals surface area (Å²) in [4.78, 5) is 52.5. The number of nitrogens with one attached hydrogen (secondary N) is 2. The van der Waals surface area contributed by atoms with Gasteiger partial charge < -0.3 is 25.2 Å². The van der Waals surface area contributed by atoms with Gasteiger partial charge in [-0.25, -0.2) is 9.97 Å². The zero-order valence-electron chi connectivity index (χ0n) is 19.1. The van der Waals surface area contributed by atoms with Crippen molar-refractivity contribution >= 4 is 29.4 Å². The van der Waals surface area contributed by atoms with Gasteiger partial charge in [-0.15, -0.1) is 0 Å². The Bertz CT molecular complexity index is 994. The second kappa shape index (κ2) is 10.9. The number of carbonyl (C=O) groups excluding carboxylic acids is 3. The van der Waals surface area contributed by atoms with E-state index < -0.39 is 6.04 Å². The van der Waals surface area contributed by atoms with Crippen molar-refractivity contribution in [3.05, 3.63) is 42.7 Å². The zero-order chi connectivity index (χ0) is 23.9. The topological polar surface area (TPSA) is 120 Å². The van der Waals surface area contributed by atoms with Gasteiger partial charge in [-0.3, -0.25) is 19.3 Å². The summed E-state index contributed by atoms with van der Waals surface area (Å²) in [5, 5.41) is 5.55. The molecule has 2 aliphatic heterocycles. The van der Waals surface area contributed by atoms with Gasteiger partial charge in [0.15, 0.2) is 0 Å². The zero-order valence-corrected chi connectivity index (χ0v) is 19.1. The molecule has 3 heterocycles. The molecule has 1 atom stereocenters. The van der Waals surface area contributed by atoms with Gasteiger partial charge in [0.05, 0.1) is 20.1 Å². The van der Waals surface area contributed by atoms with Crippen LogP contribution < -0.4 is 20.3 Å². The molecule has 4 rings (SSSR count). The van der Waals surface area contributed by atoms with Gasteiger partial charge in [-0.1, -0.05) is 0 Å². The molecule has 3 amide bonds. The summed E-state index contributed by atoms with van der Waals surface area (Å²) < 4.78 is 5.12. The van der Waals surface area contributed by atoms with E-state index in [1.807, 2.05) is 0 Å². The number of methoxy groups -OCH3 is 1. The predicted molar refractivity (Wildman–Crippen MR) is 125 cm³/mol. The second-order valence-electron chi connectivity index (χ2n) is 8.19. The summed E-state index contributed by atoms with van der Waals surface area (Å²) in [5.74, 6) is 0.571. The van der Waals surface area contributed by atoms with Gasteiger partial charge in [0, 0.05) is 57.3 Å². The van der Waals surface area contributed by atoms with Crippen LogP contribution in [0.1, 0.15) is 6.42 Å². The molecule has 0 bridgehead atoms. The van der Waals surface area contributed by atoms with Crippen molar-refractivity contribution in [2.45, 2.75) is 12.5 Å². The highest BCUT2D eigenvalue weighted by Gasteiger charge is 2.35. The van der Waals surface area contributed by atoms with Crippen LogP contribution in [0.3, 0.4) is 0 Å². The van der Waals surface area contributed by atoms with Crippen molar-refractivity contribution in [2.24, 2.45) is 0 Å². The van der Waals surface area contributed by atoms with E-state index in [2.05, 4.69) is 30.4 Å². The number of rotatable bonds is 7. The number of aromatic nitrogens is 2. The minimum Gasteiger partial charge on any atom is -0.497 e. The SMILES string of the molecule is COc1ccc(NC(=O)C[C@H]2C(=O)NCCN2C(=O)CN2CCN(c3ncccn3)CC2)cc1. The van der Waals surface area contributed by atoms with Crippen molar-refractivity contribution in [1.82, 2.24) is 25.1 Å². The normalized spacial score (nSPS) is 18.9. The summed E-state index contributed by atoms with van der Waals surface area (Å²) in [6.45, 7) is 3.76. The highest BCUT2D eigenvalue weighted by molar-refractivity contribution is 5.97. The molecule has 0 spiro atoms. The fourth-order valence-corrected chi connectivity index (χ4v) is 4.12. The third-order valence-electron chi connectivity index (χ3n) is 5.97. The van der Waals surface area contributed by atoms with Gasteiger partial charge in [0.2, 0.25) is 23.7 Å². The van der Waals surface area contributed by atoms with Crippen molar-refractivity contribution in [3.63, 3.8) is 0 Å². The van der Waals surface area contributed by atoms with E-state index >= 15 is 0 Å². The molecule has 0 saturated carbocycles. The first kappa shape index (κ1) is 23.4.